The van der Waals surface area contributed by atoms with Gasteiger partial charge in [-0.2, -0.15) is 0 Å². The fourth-order valence-electron chi connectivity index (χ4n) is 1.62. The molecule has 0 aliphatic carbocycles. The van der Waals surface area contributed by atoms with Crippen LogP contribution in [-0.4, -0.2) is 19.7 Å². The van der Waals surface area contributed by atoms with Crippen LogP contribution in [-0.2, 0) is 13.6 Å². The second kappa shape index (κ2) is 5.05. The molecular formula is C12H17N5. The van der Waals surface area contributed by atoms with Gasteiger partial charge in [0.1, 0.15) is 11.6 Å². The van der Waals surface area contributed by atoms with E-state index in [2.05, 4.69) is 27.4 Å². The van der Waals surface area contributed by atoms with Crippen LogP contribution >= 0.6 is 0 Å². The van der Waals surface area contributed by atoms with Crippen molar-refractivity contribution in [1.82, 2.24) is 25.1 Å². The highest BCUT2D eigenvalue weighted by atomic mass is 15.3. The molecule has 0 aliphatic rings. The molecule has 1 N–H and O–H groups in total. The van der Waals surface area contributed by atoms with Gasteiger partial charge in [-0.25, -0.2) is 0 Å². The van der Waals surface area contributed by atoms with Crippen molar-refractivity contribution in [2.45, 2.75) is 26.4 Å². The molecule has 90 valence electrons. The zero-order valence-corrected chi connectivity index (χ0v) is 10.4. The van der Waals surface area contributed by atoms with Gasteiger partial charge in [0.2, 0.25) is 0 Å². The van der Waals surface area contributed by atoms with E-state index in [1.54, 1.807) is 12.4 Å². The Morgan fingerprint density at radius 1 is 1.29 bits per heavy atom. The number of rotatable bonds is 4. The van der Waals surface area contributed by atoms with E-state index in [4.69, 9.17) is 0 Å². The SMILES string of the molecule is Cc1nnc(CN[C@H](C)c2ccncc2)n1C. The largest absolute Gasteiger partial charge is 0.317 e. The summed E-state index contributed by atoms with van der Waals surface area (Å²) < 4.78 is 1.99. The number of nitrogens with zero attached hydrogens (tertiary/aromatic N) is 4. The van der Waals surface area contributed by atoms with Crippen LogP contribution in [0.1, 0.15) is 30.2 Å². The third kappa shape index (κ3) is 2.68. The van der Waals surface area contributed by atoms with Crippen molar-refractivity contribution in [1.29, 1.82) is 0 Å². The highest BCUT2D eigenvalue weighted by Crippen LogP contribution is 2.10. The van der Waals surface area contributed by atoms with Gasteiger partial charge in [0.25, 0.3) is 0 Å². The molecule has 1 atom stereocenters. The zero-order valence-electron chi connectivity index (χ0n) is 10.4. The normalized spacial score (nSPS) is 12.6. The fraction of sp³-hybridized carbons (Fsp3) is 0.417. The summed E-state index contributed by atoms with van der Waals surface area (Å²) in [5, 5.41) is 11.6. The fourth-order valence-corrected chi connectivity index (χ4v) is 1.62. The zero-order chi connectivity index (χ0) is 12.3. The molecule has 2 rings (SSSR count). The van der Waals surface area contributed by atoms with Crippen LogP contribution in [0.25, 0.3) is 0 Å². The van der Waals surface area contributed by atoms with Crippen molar-refractivity contribution < 1.29 is 0 Å². The second-order valence-corrected chi connectivity index (χ2v) is 4.11. The van der Waals surface area contributed by atoms with Crippen LogP contribution in [0.2, 0.25) is 0 Å². The Hall–Kier alpha value is -1.75. The van der Waals surface area contributed by atoms with Gasteiger partial charge in [-0.15, -0.1) is 10.2 Å². The molecule has 2 heterocycles. The molecule has 0 amide bonds. The maximum Gasteiger partial charge on any atom is 0.146 e. The summed E-state index contributed by atoms with van der Waals surface area (Å²) in [5.74, 6) is 1.88. The molecule has 5 heteroatoms. The van der Waals surface area contributed by atoms with Crippen LogP contribution in [0.3, 0.4) is 0 Å². The van der Waals surface area contributed by atoms with Crippen LogP contribution in [0.5, 0.6) is 0 Å². The maximum atomic E-state index is 4.12. The van der Waals surface area contributed by atoms with Gasteiger partial charge >= 0.3 is 0 Å². The Morgan fingerprint density at radius 2 is 2.00 bits per heavy atom. The first kappa shape index (κ1) is 11.7. The van der Waals surface area contributed by atoms with Crippen LogP contribution in [0, 0.1) is 6.92 Å². The lowest BCUT2D eigenvalue weighted by Gasteiger charge is -2.13. The molecular weight excluding hydrogens is 214 g/mol. The first-order valence-electron chi connectivity index (χ1n) is 5.66. The Morgan fingerprint density at radius 3 is 2.59 bits per heavy atom. The molecule has 0 bridgehead atoms. The van der Waals surface area contributed by atoms with E-state index >= 15 is 0 Å². The summed E-state index contributed by atoms with van der Waals surface area (Å²) in [6.45, 7) is 4.78. The number of aryl methyl sites for hydroxylation is 1. The van der Waals surface area contributed by atoms with Gasteiger partial charge in [-0.05, 0) is 31.5 Å². The van der Waals surface area contributed by atoms with E-state index in [0.717, 1.165) is 11.6 Å². The highest BCUT2D eigenvalue weighted by molar-refractivity contribution is 5.14. The van der Waals surface area contributed by atoms with E-state index in [1.165, 1.54) is 5.56 Å². The summed E-state index contributed by atoms with van der Waals surface area (Å²) in [5.41, 5.74) is 1.22. The van der Waals surface area contributed by atoms with E-state index in [0.29, 0.717) is 6.54 Å². The number of pyridine rings is 1. The molecule has 0 unspecified atom stereocenters. The molecule has 0 radical (unpaired) electrons. The minimum absolute atomic E-state index is 0.273. The van der Waals surface area contributed by atoms with Crippen LogP contribution in [0.15, 0.2) is 24.5 Å². The molecule has 0 aliphatic heterocycles. The first-order valence-corrected chi connectivity index (χ1v) is 5.66. The lowest BCUT2D eigenvalue weighted by Crippen LogP contribution is -2.20. The molecule has 0 saturated heterocycles. The monoisotopic (exact) mass is 231 g/mol. The van der Waals surface area contributed by atoms with Gasteiger partial charge in [0, 0.05) is 25.5 Å². The molecule has 0 aromatic carbocycles. The van der Waals surface area contributed by atoms with Crippen molar-refractivity contribution in [3.63, 3.8) is 0 Å². The average Bonchev–Trinajstić information content (AvgIpc) is 2.68. The van der Waals surface area contributed by atoms with Crippen LogP contribution < -0.4 is 5.32 Å². The second-order valence-electron chi connectivity index (χ2n) is 4.11. The summed E-state index contributed by atoms with van der Waals surface area (Å²) in [6, 6.07) is 4.30. The molecule has 5 nitrogen and oxygen atoms in total. The summed E-state index contributed by atoms with van der Waals surface area (Å²) in [7, 11) is 1.98. The van der Waals surface area contributed by atoms with Crippen LogP contribution in [0.4, 0.5) is 0 Å². The van der Waals surface area contributed by atoms with Crippen molar-refractivity contribution in [3.8, 4) is 0 Å². The maximum absolute atomic E-state index is 4.12. The van der Waals surface area contributed by atoms with Gasteiger partial charge < -0.3 is 9.88 Å². The number of hydrogen-bond donors (Lipinski definition) is 1. The van der Waals surface area contributed by atoms with E-state index < -0.39 is 0 Å². The van der Waals surface area contributed by atoms with E-state index in [1.807, 2.05) is 30.7 Å². The summed E-state index contributed by atoms with van der Waals surface area (Å²) >= 11 is 0. The Bertz CT molecular complexity index is 477. The van der Waals surface area contributed by atoms with Gasteiger partial charge in [0.05, 0.1) is 6.54 Å². The number of nitrogens with one attached hydrogen (secondary N) is 1. The molecule has 0 spiro atoms. The average molecular weight is 231 g/mol. The number of aromatic nitrogens is 4. The van der Waals surface area contributed by atoms with E-state index in [-0.39, 0.29) is 6.04 Å². The molecule has 0 fully saturated rings. The van der Waals surface area contributed by atoms with Gasteiger partial charge in [-0.1, -0.05) is 0 Å². The Kier molecular flexibility index (Phi) is 3.49. The van der Waals surface area contributed by atoms with E-state index in [9.17, 15) is 0 Å². The quantitative estimate of drug-likeness (QED) is 0.863. The smallest absolute Gasteiger partial charge is 0.146 e. The van der Waals surface area contributed by atoms with Gasteiger partial charge in [0.15, 0.2) is 0 Å². The van der Waals surface area contributed by atoms with Gasteiger partial charge in [-0.3, -0.25) is 4.98 Å². The Labute approximate surface area is 101 Å². The topological polar surface area (TPSA) is 55.6 Å². The van der Waals surface area contributed by atoms with Crippen molar-refractivity contribution >= 4 is 0 Å². The minimum atomic E-state index is 0.273. The minimum Gasteiger partial charge on any atom is -0.317 e. The first-order chi connectivity index (χ1) is 8.18. The summed E-state index contributed by atoms with van der Waals surface area (Å²) in [4.78, 5) is 4.01. The third-order valence-corrected chi connectivity index (χ3v) is 2.96. The predicted octanol–water partition coefficient (Wildman–Crippen LogP) is 1.37. The molecule has 2 aromatic rings. The van der Waals surface area contributed by atoms with Crippen molar-refractivity contribution in [3.05, 3.63) is 41.7 Å². The molecule has 2 aromatic heterocycles. The van der Waals surface area contributed by atoms with Crippen molar-refractivity contribution in [2.24, 2.45) is 7.05 Å². The number of hydrogen-bond acceptors (Lipinski definition) is 4. The predicted molar refractivity (Wildman–Crippen MR) is 65.2 cm³/mol. The lowest BCUT2D eigenvalue weighted by atomic mass is 10.1. The standard InChI is InChI=1S/C12H17N5/c1-9(11-4-6-13-7-5-11)14-8-12-16-15-10(2)17(12)3/h4-7,9,14H,8H2,1-3H3/t9-/m1/s1. The Balaban J connectivity index is 1.97. The molecule has 0 saturated carbocycles. The molecule has 17 heavy (non-hydrogen) atoms. The highest BCUT2D eigenvalue weighted by Gasteiger charge is 2.08. The van der Waals surface area contributed by atoms with Crippen molar-refractivity contribution in [2.75, 3.05) is 0 Å². The summed E-state index contributed by atoms with van der Waals surface area (Å²) in [6.07, 6.45) is 3.61. The lowest BCUT2D eigenvalue weighted by molar-refractivity contribution is 0.547. The third-order valence-electron chi connectivity index (χ3n) is 2.96.